The molecule has 2 aromatic carbocycles. The molecule has 0 aliphatic rings. The second kappa shape index (κ2) is 10.9. The van der Waals surface area contributed by atoms with Gasteiger partial charge < -0.3 is 14.4 Å². The topological polar surface area (TPSA) is 70.8 Å². The first kappa shape index (κ1) is 22.8. The van der Waals surface area contributed by atoms with E-state index in [-0.39, 0.29) is 30.5 Å². The number of hydrogen-bond donors (Lipinski definition) is 1. The molecule has 0 radical (unpaired) electrons. The van der Waals surface area contributed by atoms with Crippen LogP contribution in [0, 0.1) is 0 Å². The number of ketones is 1. The van der Waals surface area contributed by atoms with Gasteiger partial charge in [0.25, 0.3) is 0 Å². The van der Waals surface area contributed by atoms with Gasteiger partial charge in [0.2, 0.25) is 11.7 Å². The van der Waals surface area contributed by atoms with Gasteiger partial charge in [-0.25, -0.2) is 0 Å². The summed E-state index contributed by atoms with van der Waals surface area (Å²) in [7, 11) is 0. The van der Waals surface area contributed by atoms with E-state index in [1.54, 1.807) is 24.3 Å². The molecule has 1 amide bonds. The number of carbonyl (C=O) groups excluding carboxylic acids is 2. The monoisotopic (exact) mass is 421 g/mol. The van der Waals surface area contributed by atoms with Gasteiger partial charge in [0.05, 0.1) is 13.0 Å². The van der Waals surface area contributed by atoms with Gasteiger partial charge in [-0.1, -0.05) is 63.1 Å². The van der Waals surface area contributed by atoms with E-state index in [9.17, 15) is 14.7 Å². The van der Waals surface area contributed by atoms with Gasteiger partial charge in [0.1, 0.15) is 5.58 Å². The molecule has 0 bridgehead atoms. The number of furan rings is 1. The normalized spacial score (nSPS) is 11.1. The van der Waals surface area contributed by atoms with Crippen LogP contribution in [0.25, 0.3) is 11.0 Å². The fourth-order valence-electron chi connectivity index (χ4n) is 3.70. The predicted molar refractivity (Wildman–Crippen MR) is 122 cm³/mol. The highest BCUT2D eigenvalue weighted by Crippen LogP contribution is 2.30. The lowest BCUT2D eigenvalue weighted by Crippen LogP contribution is -2.34. The van der Waals surface area contributed by atoms with Crippen molar-refractivity contribution in [2.75, 3.05) is 13.1 Å². The summed E-state index contributed by atoms with van der Waals surface area (Å²) in [6.45, 7) is 5.54. The summed E-state index contributed by atoms with van der Waals surface area (Å²) >= 11 is 0. The Bertz CT molecular complexity index is 1010. The van der Waals surface area contributed by atoms with E-state index in [2.05, 4.69) is 13.8 Å². The van der Waals surface area contributed by atoms with Crippen LogP contribution in [0.2, 0.25) is 0 Å². The molecule has 1 heterocycles. The third-order valence-electron chi connectivity index (χ3n) is 5.52. The molecule has 1 N–H and O–H groups in total. The first-order chi connectivity index (χ1) is 15.1. The van der Waals surface area contributed by atoms with Crippen molar-refractivity contribution in [1.29, 1.82) is 0 Å². The molecule has 0 atom stereocenters. The number of benzene rings is 2. The molecule has 5 nitrogen and oxygen atoms in total. The zero-order chi connectivity index (χ0) is 22.2. The summed E-state index contributed by atoms with van der Waals surface area (Å²) in [6, 6.07) is 14.3. The minimum Gasteiger partial charge on any atom is -0.452 e. The molecule has 0 saturated carbocycles. The van der Waals surface area contributed by atoms with Crippen molar-refractivity contribution in [3.05, 3.63) is 71.0 Å². The van der Waals surface area contributed by atoms with E-state index in [1.807, 2.05) is 29.2 Å². The van der Waals surface area contributed by atoms with E-state index in [1.165, 1.54) is 0 Å². The summed E-state index contributed by atoms with van der Waals surface area (Å²) in [4.78, 5) is 28.4. The average Bonchev–Trinajstić information content (AvgIpc) is 3.16. The summed E-state index contributed by atoms with van der Waals surface area (Å²) in [5.74, 6) is -0.0319. The number of aliphatic hydroxyl groups excluding tert-OH is 1. The first-order valence-electron chi connectivity index (χ1n) is 11.1. The molecule has 3 aromatic rings. The van der Waals surface area contributed by atoms with Gasteiger partial charge in [-0.05, 0) is 30.5 Å². The minimum absolute atomic E-state index is 0.00103. The van der Waals surface area contributed by atoms with Crippen molar-refractivity contribution in [2.24, 2.45) is 0 Å². The van der Waals surface area contributed by atoms with Crippen molar-refractivity contribution in [2.45, 2.75) is 52.6 Å². The zero-order valence-corrected chi connectivity index (χ0v) is 18.4. The molecule has 0 aliphatic heterocycles. The number of fused-ring (bicyclic) bond motifs is 1. The molecule has 0 unspecified atom stereocenters. The smallest absolute Gasteiger partial charge is 0.228 e. The SMILES string of the molecule is CCCCN(CCCC)C(=O)Cc1c(C(=O)c2ccccc2)oc2ccc(CO)cc12. The first-order valence-corrected chi connectivity index (χ1v) is 11.1. The van der Waals surface area contributed by atoms with Gasteiger partial charge in [-0.3, -0.25) is 9.59 Å². The molecule has 31 heavy (non-hydrogen) atoms. The van der Waals surface area contributed by atoms with Crippen LogP contribution in [0.4, 0.5) is 0 Å². The third-order valence-corrected chi connectivity index (χ3v) is 5.52. The van der Waals surface area contributed by atoms with Crippen molar-refractivity contribution < 1.29 is 19.1 Å². The molecule has 5 heteroatoms. The Balaban J connectivity index is 2.01. The van der Waals surface area contributed by atoms with Crippen LogP contribution in [0.15, 0.2) is 52.9 Å². The quantitative estimate of drug-likeness (QED) is 0.436. The fraction of sp³-hybridized carbons (Fsp3) is 0.385. The third kappa shape index (κ3) is 5.42. The lowest BCUT2D eigenvalue weighted by Gasteiger charge is -2.22. The Morgan fingerprint density at radius 2 is 1.65 bits per heavy atom. The van der Waals surface area contributed by atoms with E-state index in [4.69, 9.17) is 4.42 Å². The molecular formula is C26H31NO4. The predicted octanol–water partition coefficient (Wildman–Crippen LogP) is 5.13. The maximum atomic E-state index is 13.3. The molecular weight excluding hydrogens is 390 g/mol. The number of amides is 1. The number of nitrogens with zero attached hydrogens (tertiary/aromatic N) is 1. The van der Waals surface area contributed by atoms with Gasteiger partial charge in [0, 0.05) is 29.6 Å². The van der Waals surface area contributed by atoms with Gasteiger partial charge in [-0.2, -0.15) is 0 Å². The molecule has 164 valence electrons. The molecule has 1 aromatic heterocycles. The Labute approximate surface area is 183 Å². The number of hydrogen-bond acceptors (Lipinski definition) is 4. The van der Waals surface area contributed by atoms with E-state index < -0.39 is 0 Å². The lowest BCUT2D eigenvalue weighted by atomic mass is 10.00. The Hall–Kier alpha value is -2.92. The van der Waals surface area contributed by atoms with Gasteiger partial charge in [-0.15, -0.1) is 0 Å². The molecule has 0 spiro atoms. The summed E-state index contributed by atoms with van der Waals surface area (Å²) in [5.41, 5.74) is 2.39. The Morgan fingerprint density at radius 3 is 2.26 bits per heavy atom. The van der Waals surface area contributed by atoms with E-state index >= 15 is 0 Å². The summed E-state index contributed by atoms with van der Waals surface area (Å²) < 4.78 is 5.96. The van der Waals surface area contributed by atoms with Crippen molar-refractivity contribution in [3.63, 3.8) is 0 Å². The van der Waals surface area contributed by atoms with Crippen molar-refractivity contribution in [1.82, 2.24) is 4.90 Å². The van der Waals surface area contributed by atoms with Crippen molar-refractivity contribution >= 4 is 22.7 Å². The largest absolute Gasteiger partial charge is 0.452 e. The van der Waals surface area contributed by atoms with E-state index in [0.29, 0.717) is 22.1 Å². The standard InChI is InChI=1S/C26H31NO4/c1-3-5-14-27(15-6-4-2)24(29)17-22-21-16-19(18-28)12-13-23(21)31-26(22)25(30)20-10-8-7-9-11-20/h7-13,16,28H,3-6,14-15,17-18H2,1-2H3. The second-order valence-electron chi connectivity index (χ2n) is 7.86. The van der Waals surface area contributed by atoms with Crippen LogP contribution in [0.5, 0.6) is 0 Å². The van der Waals surface area contributed by atoms with Crippen LogP contribution >= 0.6 is 0 Å². The number of unbranched alkanes of at least 4 members (excludes halogenated alkanes) is 2. The average molecular weight is 422 g/mol. The van der Waals surface area contributed by atoms with Crippen LogP contribution in [-0.2, 0) is 17.8 Å². The number of carbonyl (C=O) groups is 2. The Kier molecular flexibility index (Phi) is 8.01. The fourth-order valence-corrected chi connectivity index (χ4v) is 3.70. The lowest BCUT2D eigenvalue weighted by molar-refractivity contribution is -0.130. The van der Waals surface area contributed by atoms with Crippen LogP contribution < -0.4 is 0 Å². The van der Waals surface area contributed by atoms with Gasteiger partial charge >= 0.3 is 0 Å². The highest BCUT2D eigenvalue weighted by molar-refractivity contribution is 6.11. The number of aliphatic hydroxyl groups is 1. The molecule has 0 fully saturated rings. The van der Waals surface area contributed by atoms with Crippen LogP contribution in [0.1, 0.15) is 66.8 Å². The highest BCUT2D eigenvalue weighted by Gasteiger charge is 2.25. The maximum Gasteiger partial charge on any atom is 0.228 e. The maximum absolute atomic E-state index is 13.3. The highest BCUT2D eigenvalue weighted by atomic mass is 16.3. The summed E-state index contributed by atoms with van der Waals surface area (Å²) in [6.07, 6.45) is 4.03. The zero-order valence-electron chi connectivity index (χ0n) is 18.4. The van der Waals surface area contributed by atoms with Crippen LogP contribution in [-0.4, -0.2) is 34.8 Å². The molecule has 0 aliphatic carbocycles. The number of rotatable bonds is 11. The van der Waals surface area contributed by atoms with Gasteiger partial charge in [0.15, 0.2) is 5.76 Å². The minimum atomic E-state index is -0.237. The second-order valence-corrected chi connectivity index (χ2v) is 7.86. The Morgan fingerprint density at radius 1 is 0.968 bits per heavy atom. The molecule has 0 saturated heterocycles. The van der Waals surface area contributed by atoms with Crippen LogP contribution in [0.3, 0.4) is 0 Å². The summed E-state index contributed by atoms with van der Waals surface area (Å²) in [5, 5.41) is 10.3. The molecule has 3 rings (SSSR count). The van der Waals surface area contributed by atoms with E-state index in [0.717, 1.165) is 44.3 Å². The van der Waals surface area contributed by atoms with Crippen molar-refractivity contribution in [3.8, 4) is 0 Å².